The molecule has 1 unspecified atom stereocenters. The number of amides is 1. The van der Waals surface area contributed by atoms with E-state index in [1.54, 1.807) is 11.8 Å². The van der Waals surface area contributed by atoms with Crippen molar-refractivity contribution in [2.75, 3.05) is 27.2 Å². The van der Waals surface area contributed by atoms with Gasteiger partial charge in [-0.15, -0.1) is 11.3 Å². The number of thiazole rings is 1. The molecule has 0 fully saturated rings. The van der Waals surface area contributed by atoms with Gasteiger partial charge in [0.25, 0.3) is 5.91 Å². The largest absolute Gasteiger partial charge is 0.503 e. The molecule has 0 saturated carbocycles. The van der Waals surface area contributed by atoms with Gasteiger partial charge in [0.2, 0.25) is 5.78 Å². The van der Waals surface area contributed by atoms with Crippen molar-refractivity contribution in [3.05, 3.63) is 88.3 Å². The van der Waals surface area contributed by atoms with Gasteiger partial charge >= 0.3 is 0 Å². The molecule has 8 heteroatoms. The number of hydrogen-bond acceptors (Lipinski definition) is 6. The molecular formula is C27H26N4O3S. The highest BCUT2D eigenvalue weighted by Crippen LogP contribution is 2.42. The maximum atomic E-state index is 13.9. The predicted octanol–water partition coefficient (Wildman–Crippen LogP) is 4.74. The Bertz CT molecular complexity index is 1450. The highest BCUT2D eigenvalue weighted by atomic mass is 32.1. The molecule has 7 nitrogen and oxygen atoms in total. The first kappa shape index (κ1) is 23.0. The fourth-order valence-electron chi connectivity index (χ4n) is 4.50. The molecule has 1 aliphatic heterocycles. The van der Waals surface area contributed by atoms with Crippen molar-refractivity contribution < 1.29 is 14.7 Å². The van der Waals surface area contributed by atoms with Crippen molar-refractivity contribution in [2.24, 2.45) is 0 Å². The van der Waals surface area contributed by atoms with E-state index in [9.17, 15) is 14.7 Å². The van der Waals surface area contributed by atoms with E-state index in [1.165, 1.54) is 11.3 Å². The number of aromatic amines is 1. The number of H-pyrrole nitrogens is 1. The zero-order valence-electron chi connectivity index (χ0n) is 19.8. The Morgan fingerprint density at radius 2 is 1.86 bits per heavy atom. The monoisotopic (exact) mass is 486 g/mol. The Kier molecular flexibility index (Phi) is 6.00. The number of carbonyl (C=O) groups excluding carboxylic acids is 2. The molecule has 1 atom stereocenters. The molecule has 178 valence electrons. The van der Waals surface area contributed by atoms with E-state index in [1.807, 2.05) is 79.8 Å². The van der Waals surface area contributed by atoms with Crippen LogP contribution in [0.2, 0.25) is 0 Å². The van der Waals surface area contributed by atoms with Crippen LogP contribution in [0.3, 0.4) is 0 Å². The van der Waals surface area contributed by atoms with Crippen molar-refractivity contribution in [3.63, 3.8) is 0 Å². The summed E-state index contributed by atoms with van der Waals surface area (Å²) in [5, 5.41) is 12.6. The van der Waals surface area contributed by atoms with Gasteiger partial charge in [0.05, 0.1) is 22.2 Å². The average molecular weight is 487 g/mol. The highest BCUT2D eigenvalue weighted by molar-refractivity contribution is 7.17. The molecule has 1 aliphatic rings. The third-order valence-electron chi connectivity index (χ3n) is 6.28. The number of rotatable bonds is 7. The smallest absolute Gasteiger partial charge is 0.290 e. The molecule has 35 heavy (non-hydrogen) atoms. The normalized spacial score (nSPS) is 16.2. The number of aliphatic hydroxyl groups is 1. The molecule has 0 saturated heterocycles. The first-order chi connectivity index (χ1) is 16.9. The fraction of sp³-hybridized carbons (Fsp3) is 0.222. The van der Waals surface area contributed by atoms with E-state index in [-0.39, 0.29) is 11.4 Å². The number of aromatic nitrogens is 2. The van der Waals surface area contributed by atoms with Crippen LogP contribution in [-0.2, 0) is 4.79 Å². The molecule has 2 aromatic heterocycles. The van der Waals surface area contributed by atoms with E-state index in [2.05, 4.69) is 9.97 Å². The molecule has 4 aromatic rings. The Labute approximate surface area is 207 Å². The number of carbonyl (C=O) groups is 2. The number of hydrogen-bond donors (Lipinski definition) is 2. The lowest BCUT2D eigenvalue weighted by Gasteiger charge is -2.27. The summed E-state index contributed by atoms with van der Waals surface area (Å²) in [5.41, 5.74) is 3.29. The lowest BCUT2D eigenvalue weighted by atomic mass is 9.94. The minimum absolute atomic E-state index is 0.102. The summed E-state index contributed by atoms with van der Waals surface area (Å²) < 4.78 is 0. The maximum absolute atomic E-state index is 13.9. The van der Waals surface area contributed by atoms with Crippen LogP contribution in [0.5, 0.6) is 0 Å². The topological polar surface area (TPSA) is 89.5 Å². The minimum Gasteiger partial charge on any atom is -0.503 e. The Morgan fingerprint density at radius 3 is 2.60 bits per heavy atom. The molecule has 1 amide bonds. The Morgan fingerprint density at radius 1 is 1.14 bits per heavy atom. The number of Topliss-reactive ketones (excluding diaryl/α,β-unsaturated/α-hetero) is 1. The quantitative estimate of drug-likeness (QED) is 0.368. The van der Waals surface area contributed by atoms with Crippen molar-refractivity contribution in [1.29, 1.82) is 0 Å². The molecule has 3 heterocycles. The van der Waals surface area contributed by atoms with Gasteiger partial charge in [-0.2, -0.15) is 0 Å². The standard InChI is InChI=1S/C27H26N4O3S/c1-16-25(35-26(29-16)17-9-5-4-6-10-17)23(32)21-22(19-15-28-20-12-8-7-11-18(19)20)31(14-13-30(2)3)27(34)24(21)33/h4-12,15,22,28,33H,13-14H2,1-3H3. The van der Waals surface area contributed by atoms with Crippen LogP contribution in [0, 0.1) is 6.92 Å². The van der Waals surface area contributed by atoms with Crippen molar-refractivity contribution >= 4 is 33.9 Å². The molecule has 5 rings (SSSR count). The van der Waals surface area contributed by atoms with Gasteiger partial charge in [0.15, 0.2) is 5.76 Å². The van der Waals surface area contributed by atoms with Crippen LogP contribution in [0.1, 0.15) is 27.0 Å². The van der Waals surface area contributed by atoms with Crippen LogP contribution in [0.4, 0.5) is 0 Å². The van der Waals surface area contributed by atoms with Crippen molar-refractivity contribution in [2.45, 2.75) is 13.0 Å². The Hall–Kier alpha value is -3.75. The van der Waals surface area contributed by atoms with E-state index < -0.39 is 17.7 Å². The second kappa shape index (κ2) is 9.13. The molecule has 0 bridgehead atoms. The molecular weight excluding hydrogens is 460 g/mol. The van der Waals surface area contributed by atoms with E-state index in [4.69, 9.17) is 0 Å². The molecule has 0 radical (unpaired) electrons. The van der Waals surface area contributed by atoms with Gasteiger partial charge in [0.1, 0.15) is 5.01 Å². The fourth-order valence-corrected chi connectivity index (χ4v) is 5.53. The number of benzene rings is 2. The zero-order chi connectivity index (χ0) is 24.7. The number of para-hydroxylation sites is 1. The van der Waals surface area contributed by atoms with Gasteiger partial charge < -0.3 is 19.9 Å². The van der Waals surface area contributed by atoms with Crippen LogP contribution in [0.15, 0.2) is 72.1 Å². The van der Waals surface area contributed by atoms with E-state index in [0.29, 0.717) is 23.7 Å². The van der Waals surface area contributed by atoms with Gasteiger partial charge in [-0.1, -0.05) is 48.5 Å². The summed E-state index contributed by atoms with van der Waals surface area (Å²) in [4.78, 5) is 39.0. The predicted molar refractivity (Wildman–Crippen MR) is 138 cm³/mol. The molecule has 2 aromatic carbocycles. The second-order valence-electron chi connectivity index (χ2n) is 8.88. The summed E-state index contributed by atoms with van der Waals surface area (Å²) in [7, 11) is 3.85. The zero-order valence-corrected chi connectivity index (χ0v) is 20.6. The molecule has 2 N–H and O–H groups in total. The van der Waals surface area contributed by atoms with Crippen LogP contribution >= 0.6 is 11.3 Å². The van der Waals surface area contributed by atoms with Crippen molar-refractivity contribution in [1.82, 2.24) is 19.8 Å². The number of fused-ring (bicyclic) bond motifs is 1. The minimum atomic E-state index is -0.701. The maximum Gasteiger partial charge on any atom is 0.290 e. The summed E-state index contributed by atoms with van der Waals surface area (Å²) in [5.74, 6) is -1.38. The number of aliphatic hydroxyl groups excluding tert-OH is 1. The molecule has 0 spiro atoms. The van der Waals surface area contributed by atoms with E-state index in [0.717, 1.165) is 27.0 Å². The summed E-state index contributed by atoms with van der Waals surface area (Å²) in [6.07, 6.45) is 1.83. The highest BCUT2D eigenvalue weighted by Gasteiger charge is 2.45. The number of likely N-dealkylation sites (N-methyl/N-ethyl adjacent to an activating group) is 1. The first-order valence-electron chi connectivity index (χ1n) is 11.4. The van der Waals surface area contributed by atoms with Gasteiger partial charge in [-0.25, -0.2) is 4.98 Å². The van der Waals surface area contributed by atoms with Gasteiger partial charge in [0, 0.05) is 41.3 Å². The lowest BCUT2D eigenvalue weighted by Crippen LogP contribution is -2.36. The van der Waals surface area contributed by atoms with Gasteiger partial charge in [-0.3, -0.25) is 9.59 Å². The first-order valence-corrected chi connectivity index (χ1v) is 12.2. The van der Waals surface area contributed by atoms with E-state index >= 15 is 0 Å². The third-order valence-corrected chi connectivity index (χ3v) is 7.48. The SMILES string of the molecule is Cc1nc(-c2ccccc2)sc1C(=O)C1=C(O)C(=O)N(CCN(C)C)C1c1c[nH]c2ccccc12. The van der Waals surface area contributed by atoms with Crippen LogP contribution < -0.4 is 0 Å². The third kappa shape index (κ3) is 4.05. The Balaban J connectivity index is 1.61. The van der Waals surface area contributed by atoms with Crippen LogP contribution in [-0.4, -0.2) is 63.7 Å². The number of nitrogens with zero attached hydrogens (tertiary/aromatic N) is 3. The average Bonchev–Trinajstić information content (AvgIpc) is 3.52. The summed E-state index contributed by atoms with van der Waals surface area (Å²) >= 11 is 1.28. The summed E-state index contributed by atoms with van der Waals surface area (Å²) in [6, 6.07) is 16.7. The van der Waals surface area contributed by atoms with Crippen LogP contribution in [0.25, 0.3) is 21.5 Å². The number of nitrogens with one attached hydrogen (secondary N) is 1. The second-order valence-corrected chi connectivity index (χ2v) is 9.88. The van der Waals surface area contributed by atoms with Gasteiger partial charge in [-0.05, 0) is 27.1 Å². The lowest BCUT2D eigenvalue weighted by molar-refractivity contribution is -0.129. The van der Waals surface area contributed by atoms with Crippen molar-refractivity contribution in [3.8, 4) is 10.6 Å². The summed E-state index contributed by atoms with van der Waals surface area (Å²) in [6.45, 7) is 2.75. The molecule has 0 aliphatic carbocycles. The number of aryl methyl sites for hydroxylation is 1. The number of ketones is 1.